The Balaban J connectivity index is 1.51. The molecule has 1 saturated heterocycles. The second-order valence-electron chi connectivity index (χ2n) is 10.4. The number of imidazole rings is 1. The number of nitrogens with zero attached hydrogens (tertiary/aromatic N) is 5. The van der Waals surface area contributed by atoms with Crippen molar-refractivity contribution in [3.05, 3.63) is 65.5 Å². The van der Waals surface area contributed by atoms with E-state index in [0.717, 1.165) is 36.9 Å². The van der Waals surface area contributed by atoms with Crippen LogP contribution in [0.15, 0.2) is 48.8 Å². The zero-order chi connectivity index (χ0) is 26.9. The van der Waals surface area contributed by atoms with Crippen LogP contribution in [0.3, 0.4) is 0 Å². The number of likely N-dealkylation sites (tertiary alicyclic amines) is 1. The van der Waals surface area contributed by atoms with Crippen molar-refractivity contribution in [2.45, 2.75) is 32.8 Å². The van der Waals surface area contributed by atoms with E-state index in [1.807, 2.05) is 35.0 Å². The average molecular weight is 531 g/mol. The predicted molar refractivity (Wildman–Crippen MR) is 156 cm³/mol. The molecular weight excluding hydrogens is 495 g/mol. The number of hydrogen-bond donors (Lipinski definition) is 1. The minimum Gasteiger partial charge on any atom is -0.460 e. The van der Waals surface area contributed by atoms with E-state index in [0.29, 0.717) is 23.0 Å². The van der Waals surface area contributed by atoms with Gasteiger partial charge in [0.2, 0.25) is 0 Å². The molecule has 0 aliphatic carbocycles. The summed E-state index contributed by atoms with van der Waals surface area (Å²) in [5.41, 5.74) is 5.73. The van der Waals surface area contributed by atoms with E-state index in [2.05, 4.69) is 60.4 Å². The van der Waals surface area contributed by atoms with Gasteiger partial charge < -0.3 is 19.5 Å². The highest BCUT2D eigenvalue weighted by Gasteiger charge is 2.21. The van der Waals surface area contributed by atoms with Crippen LogP contribution in [-0.2, 0) is 4.57 Å². The molecule has 8 nitrogen and oxygen atoms in total. The van der Waals surface area contributed by atoms with Crippen molar-refractivity contribution in [2.75, 3.05) is 38.8 Å². The van der Waals surface area contributed by atoms with Crippen LogP contribution in [0.25, 0.3) is 23.4 Å². The highest BCUT2D eigenvalue weighted by Crippen LogP contribution is 2.35. The molecule has 9 heteroatoms. The standard InChI is InChI=1S/C29H35N6O2P/c1-20-7-6-8-21(2)25(20)15-18-35-19-30-26-27(31-22-9-11-24(12-10-22)38(4,5)36)32-29(33-28(26)35)37-23-13-16-34(3)17-14-23/h6-12,15,18-19,23H,13-14,16-17H2,1-5H3,(H,31,32,33)/b18-15+. The topological polar surface area (TPSA) is 85.2 Å². The first-order chi connectivity index (χ1) is 18.2. The summed E-state index contributed by atoms with van der Waals surface area (Å²) in [5, 5.41) is 4.22. The average Bonchev–Trinajstić information content (AvgIpc) is 3.28. The molecule has 0 radical (unpaired) electrons. The lowest BCUT2D eigenvalue weighted by Crippen LogP contribution is -2.36. The number of aromatic nitrogens is 4. The molecule has 2 aromatic heterocycles. The Hall–Kier alpha value is -3.48. The Kier molecular flexibility index (Phi) is 7.37. The first-order valence-corrected chi connectivity index (χ1v) is 15.5. The summed E-state index contributed by atoms with van der Waals surface area (Å²) in [7, 11) is -0.202. The van der Waals surface area contributed by atoms with Crippen molar-refractivity contribution in [2.24, 2.45) is 0 Å². The van der Waals surface area contributed by atoms with Crippen molar-refractivity contribution in [3.8, 4) is 6.01 Å². The molecule has 1 fully saturated rings. The van der Waals surface area contributed by atoms with Gasteiger partial charge in [-0.05, 0) is 94.1 Å². The Morgan fingerprint density at radius 3 is 2.37 bits per heavy atom. The largest absolute Gasteiger partial charge is 0.460 e. The van der Waals surface area contributed by atoms with Gasteiger partial charge in [0.05, 0.1) is 0 Å². The van der Waals surface area contributed by atoms with Gasteiger partial charge >= 0.3 is 6.01 Å². The van der Waals surface area contributed by atoms with Gasteiger partial charge in [0.15, 0.2) is 17.0 Å². The maximum absolute atomic E-state index is 12.4. The van der Waals surface area contributed by atoms with Gasteiger partial charge in [-0.25, -0.2) is 4.98 Å². The second-order valence-corrected chi connectivity index (χ2v) is 13.7. The SMILES string of the molecule is Cc1cccc(C)c1/C=C/n1cnc2c(Nc3ccc(P(C)(C)=O)cc3)nc(OC3CCN(C)CC3)nc21. The van der Waals surface area contributed by atoms with E-state index >= 15 is 0 Å². The Morgan fingerprint density at radius 2 is 1.71 bits per heavy atom. The summed E-state index contributed by atoms with van der Waals surface area (Å²) < 4.78 is 20.6. The molecule has 1 N–H and O–H groups in total. The van der Waals surface area contributed by atoms with Crippen LogP contribution < -0.4 is 15.4 Å². The zero-order valence-electron chi connectivity index (χ0n) is 22.7. The maximum Gasteiger partial charge on any atom is 0.320 e. The van der Waals surface area contributed by atoms with Crippen molar-refractivity contribution in [3.63, 3.8) is 0 Å². The quantitative estimate of drug-likeness (QED) is 0.314. The van der Waals surface area contributed by atoms with E-state index < -0.39 is 7.14 Å². The minimum atomic E-state index is -2.33. The Bertz CT molecular complexity index is 1490. The number of ether oxygens (including phenoxy) is 1. The third-order valence-electron chi connectivity index (χ3n) is 7.03. The Morgan fingerprint density at radius 1 is 1.03 bits per heavy atom. The van der Waals surface area contributed by atoms with Gasteiger partial charge in [-0.15, -0.1) is 0 Å². The molecule has 0 bridgehead atoms. The number of hydrogen-bond acceptors (Lipinski definition) is 7. The summed E-state index contributed by atoms with van der Waals surface area (Å²) >= 11 is 0. The maximum atomic E-state index is 12.4. The minimum absolute atomic E-state index is 0.0700. The van der Waals surface area contributed by atoms with Gasteiger partial charge in [-0.2, -0.15) is 9.97 Å². The number of piperidine rings is 1. The molecule has 0 amide bonds. The molecule has 0 unspecified atom stereocenters. The van der Waals surface area contributed by atoms with Gasteiger partial charge in [0.25, 0.3) is 0 Å². The molecule has 4 aromatic rings. The zero-order valence-corrected chi connectivity index (χ0v) is 23.6. The van der Waals surface area contributed by atoms with Gasteiger partial charge in [-0.3, -0.25) is 4.57 Å². The Labute approximate surface area is 224 Å². The van der Waals surface area contributed by atoms with E-state index in [4.69, 9.17) is 14.7 Å². The van der Waals surface area contributed by atoms with E-state index in [1.54, 1.807) is 19.7 Å². The smallest absolute Gasteiger partial charge is 0.320 e. The lowest BCUT2D eigenvalue weighted by molar-refractivity contribution is 0.106. The van der Waals surface area contributed by atoms with E-state index in [-0.39, 0.29) is 6.10 Å². The lowest BCUT2D eigenvalue weighted by Gasteiger charge is -2.28. The second kappa shape index (κ2) is 10.7. The van der Waals surface area contributed by atoms with Gasteiger partial charge in [-0.1, -0.05) is 18.2 Å². The van der Waals surface area contributed by atoms with Crippen LogP contribution in [0.4, 0.5) is 11.5 Å². The molecule has 0 spiro atoms. The normalized spacial score (nSPS) is 15.4. The third kappa shape index (κ3) is 5.82. The van der Waals surface area contributed by atoms with Crippen molar-refractivity contribution >= 4 is 47.4 Å². The molecule has 38 heavy (non-hydrogen) atoms. The molecule has 0 atom stereocenters. The fraction of sp³-hybridized carbons (Fsp3) is 0.345. The van der Waals surface area contributed by atoms with E-state index in [1.165, 1.54) is 16.7 Å². The fourth-order valence-corrected chi connectivity index (χ4v) is 5.55. The monoisotopic (exact) mass is 530 g/mol. The molecule has 2 aromatic carbocycles. The number of anilines is 2. The number of nitrogens with one attached hydrogen (secondary N) is 1. The molecular formula is C29H35N6O2P. The summed E-state index contributed by atoms with van der Waals surface area (Å²) in [6, 6.07) is 14.2. The highest BCUT2D eigenvalue weighted by molar-refractivity contribution is 7.70. The molecule has 198 valence electrons. The molecule has 1 aliphatic heterocycles. The van der Waals surface area contributed by atoms with Crippen LogP contribution in [-0.4, -0.2) is 64.0 Å². The summed E-state index contributed by atoms with van der Waals surface area (Å²) in [5.74, 6) is 0.570. The molecule has 1 aliphatic rings. The van der Waals surface area contributed by atoms with Crippen molar-refractivity contribution in [1.29, 1.82) is 0 Å². The number of rotatable bonds is 7. The van der Waals surface area contributed by atoms with E-state index in [9.17, 15) is 4.57 Å². The summed E-state index contributed by atoms with van der Waals surface area (Å²) in [6.45, 7) is 9.73. The highest BCUT2D eigenvalue weighted by atomic mass is 31.2. The van der Waals surface area contributed by atoms with Gasteiger partial charge in [0, 0.05) is 30.3 Å². The molecule has 3 heterocycles. The fourth-order valence-electron chi connectivity index (χ4n) is 4.68. The number of aryl methyl sites for hydroxylation is 2. The van der Waals surface area contributed by atoms with Crippen LogP contribution >= 0.6 is 7.14 Å². The first-order valence-electron chi connectivity index (χ1n) is 12.9. The van der Waals surface area contributed by atoms with Crippen LogP contribution in [0.2, 0.25) is 0 Å². The summed E-state index contributed by atoms with van der Waals surface area (Å²) in [6.07, 6.45) is 7.76. The van der Waals surface area contributed by atoms with Crippen molar-refractivity contribution in [1.82, 2.24) is 24.4 Å². The molecule has 0 saturated carbocycles. The predicted octanol–water partition coefficient (Wildman–Crippen LogP) is 5.54. The third-order valence-corrected chi connectivity index (χ3v) is 8.58. The lowest BCUT2D eigenvalue weighted by atomic mass is 10.0. The molecule has 5 rings (SSSR count). The van der Waals surface area contributed by atoms with Crippen molar-refractivity contribution < 1.29 is 9.30 Å². The number of fused-ring (bicyclic) bond motifs is 1. The van der Waals surface area contributed by atoms with Crippen LogP contribution in [0.1, 0.15) is 29.5 Å². The van der Waals surface area contributed by atoms with Crippen LogP contribution in [0.5, 0.6) is 6.01 Å². The number of benzene rings is 2. The van der Waals surface area contributed by atoms with Crippen LogP contribution in [0, 0.1) is 13.8 Å². The first kappa shape index (κ1) is 26.1. The van der Waals surface area contributed by atoms with Gasteiger partial charge in [0.1, 0.15) is 19.6 Å². The summed E-state index contributed by atoms with van der Waals surface area (Å²) in [4.78, 5) is 16.5.